The van der Waals surface area contributed by atoms with Gasteiger partial charge in [0.2, 0.25) is 0 Å². The van der Waals surface area contributed by atoms with Gasteiger partial charge >= 0.3 is 106 Å². The van der Waals surface area contributed by atoms with Crippen LogP contribution in [0.25, 0.3) is 0 Å². The molecular weight excluding hydrogens is 279 g/mol. The molecule has 0 aliphatic heterocycles. The molecule has 0 N–H and O–H groups in total. The number of benzene rings is 1. The first-order valence-corrected chi connectivity index (χ1v) is 10.7. The van der Waals surface area contributed by atoms with Crippen molar-refractivity contribution in [2.24, 2.45) is 0 Å². The van der Waals surface area contributed by atoms with Crippen molar-refractivity contribution < 1.29 is 4.74 Å². The average Bonchev–Trinajstić information content (AvgIpc) is 2.24. The van der Waals surface area contributed by atoms with Crippen molar-refractivity contribution in [2.45, 2.75) is 19.6 Å². The molecular formula is C13H20OSeSi. The Kier molecular flexibility index (Phi) is 5.49. The zero-order chi connectivity index (χ0) is 12.0. The van der Waals surface area contributed by atoms with E-state index in [0.29, 0.717) is 15.0 Å². The maximum atomic E-state index is 5.16. The molecule has 0 amide bonds. The minimum absolute atomic E-state index is 0.463. The summed E-state index contributed by atoms with van der Waals surface area (Å²) in [6.45, 7) is 7.95. The Hall–Kier alpha value is -0.344. The molecule has 16 heavy (non-hydrogen) atoms. The molecule has 1 aromatic carbocycles. The van der Waals surface area contributed by atoms with Gasteiger partial charge in [-0.2, -0.15) is 0 Å². The van der Waals surface area contributed by atoms with Gasteiger partial charge in [0.1, 0.15) is 0 Å². The zero-order valence-electron chi connectivity index (χ0n) is 10.5. The van der Waals surface area contributed by atoms with Crippen molar-refractivity contribution in [1.29, 1.82) is 0 Å². The average molecular weight is 299 g/mol. The number of ether oxygens (including phenoxy) is 1. The molecule has 0 heterocycles. The fraction of sp³-hybridized carbons (Fsp3) is 0.385. The second-order valence-corrected chi connectivity index (χ2v) is 12.9. The maximum absolute atomic E-state index is 5.16. The van der Waals surface area contributed by atoms with Crippen LogP contribution in [0, 0.1) is 0 Å². The van der Waals surface area contributed by atoms with Crippen LogP contribution >= 0.6 is 0 Å². The van der Waals surface area contributed by atoms with E-state index < -0.39 is 8.07 Å². The van der Waals surface area contributed by atoms with Crippen molar-refractivity contribution in [3.63, 3.8) is 0 Å². The van der Waals surface area contributed by atoms with Crippen LogP contribution in [0.4, 0.5) is 0 Å². The van der Waals surface area contributed by atoms with E-state index in [9.17, 15) is 0 Å². The van der Waals surface area contributed by atoms with E-state index >= 15 is 0 Å². The Morgan fingerprint density at radius 1 is 1.25 bits per heavy atom. The van der Waals surface area contributed by atoms with Crippen LogP contribution in [-0.4, -0.2) is 36.7 Å². The molecule has 1 rings (SSSR count). The fourth-order valence-corrected chi connectivity index (χ4v) is 6.28. The van der Waals surface area contributed by atoms with Gasteiger partial charge in [-0.1, -0.05) is 0 Å². The molecule has 0 unspecified atom stereocenters. The third-order valence-corrected chi connectivity index (χ3v) is 10.1. The molecule has 0 aromatic heterocycles. The molecule has 0 spiro atoms. The standard InChI is InChI=1S/C13H20OSeSi/c1-14-11-10-13(16(2,3)4)15-12-8-6-5-7-9-12/h5-10H,11H2,1-4H3/b13-10-. The SMILES string of the molecule is COC/C=C(/[Se]c1ccccc1)[Si](C)(C)C. The monoisotopic (exact) mass is 300 g/mol. The molecule has 0 atom stereocenters. The van der Waals surface area contributed by atoms with E-state index in [1.165, 1.54) is 4.46 Å². The summed E-state index contributed by atoms with van der Waals surface area (Å²) in [5, 5.41) is 0. The summed E-state index contributed by atoms with van der Waals surface area (Å²) < 4.78 is 8.25. The molecule has 1 aromatic rings. The molecule has 0 radical (unpaired) electrons. The molecule has 3 heteroatoms. The third kappa shape index (κ3) is 4.66. The van der Waals surface area contributed by atoms with Gasteiger partial charge in [0.15, 0.2) is 0 Å². The van der Waals surface area contributed by atoms with Crippen LogP contribution in [0.5, 0.6) is 0 Å². The molecule has 1 nitrogen and oxygen atoms in total. The quantitative estimate of drug-likeness (QED) is 0.759. The van der Waals surface area contributed by atoms with Gasteiger partial charge in [0.05, 0.1) is 0 Å². The Labute approximate surface area is 106 Å². The molecule has 0 saturated carbocycles. The molecule has 0 aliphatic rings. The number of methoxy groups -OCH3 is 1. The summed E-state index contributed by atoms with van der Waals surface area (Å²) in [6.07, 6.45) is 2.29. The van der Waals surface area contributed by atoms with Crippen molar-refractivity contribution in [1.82, 2.24) is 0 Å². The molecule has 88 valence electrons. The van der Waals surface area contributed by atoms with Gasteiger partial charge in [0.25, 0.3) is 0 Å². The predicted octanol–water partition coefficient (Wildman–Crippen LogP) is 2.42. The van der Waals surface area contributed by atoms with Crippen molar-refractivity contribution in [2.75, 3.05) is 13.7 Å². The minimum atomic E-state index is -1.20. The summed E-state index contributed by atoms with van der Waals surface area (Å²) in [7, 11) is 0.560. The number of rotatable bonds is 5. The van der Waals surface area contributed by atoms with Gasteiger partial charge in [-0.25, -0.2) is 0 Å². The first kappa shape index (κ1) is 13.7. The topological polar surface area (TPSA) is 9.23 Å². The molecule has 0 bridgehead atoms. The number of hydrogen-bond acceptors (Lipinski definition) is 1. The number of hydrogen-bond donors (Lipinski definition) is 0. The zero-order valence-corrected chi connectivity index (χ0v) is 13.2. The van der Waals surface area contributed by atoms with E-state index in [1.54, 1.807) is 11.2 Å². The Morgan fingerprint density at radius 3 is 2.38 bits per heavy atom. The third-order valence-electron chi connectivity index (χ3n) is 2.15. The Morgan fingerprint density at radius 2 is 1.88 bits per heavy atom. The van der Waals surface area contributed by atoms with E-state index in [4.69, 9.17) is 4.74 Å². The van der Waals surface area contributed by atoms with Gasteiger partial charge in [0, 0.05) is 0 Å². The summed E-state index contributed by atoms with van der Waals surface area (Å²) in [6, 6.07) is 10.8. The van der Waals surface area contributed by atoms with E-state index in [-0.39, 0.29) is 0 Å². The Bertz CT molecular complexity index is 341. The Balaban J connectivity index is 2.80. The van der Waals surface area contributed by atoms with Crippen LogP contribution in [0.1, 0.15) is 0 Å². The first-order valence-electron chi connectivity index (χ1n) is 5.46. The van der Waals surface area contributed by atoms with Crippen LogP contribution in [-0.2, 0) is 4.74 Å². The summed E-state index contributed by atoms with van der Waals surface area (Å²) >= 11 is 0.463. The van der Waals surface area contributed by atoms with Gasteiger partial charge in [-0.05, 0) is 0 Å². The van der Waals surface area contributed by atoms with Crippen LogP contribution < -0.4 is 4.46 Å². The van der Waals surface area contributed by atoms with Gasteiger partial charge < -0.3 is 0 Å². The second-order valence-electron chi connectivity index (χ2n) is 4.69. The van der Waals surface area contributed by atoms with Gasteiger partial charge in [-0.15, -0.1) is 0 Å². The van der Waals surface area contributed by atoms with Crippen LogP contribution in [0.15, 0.2) is 40.5 Å². The van der Waals surface area contributed by atoms with Gasteiger partial charge in [-0.3, -0.25) is 0 Å². The fourth-order valence-electron chi connectivity index (χ4n) is 1.28. The van der Waals surface area contributed by atoms with Crippen LogP contribution in [0.3, 0.4) is 0 Å². The first-order chi connectivity index (χ1) is 7.54. The predicted molar refractivity (Wildman–Crippen MR) is 75.1 cm³/mol. The molecule has 0 aliphatic carbocycles. The summed E-state index contributed by atoms with van der Waals surface area (Å²) in [4.78, 5) is 0. The second kappa shape index (κ2) is 6.41. The van der Waals surface area contributed by atoms with Crippen LogP contribution in [0.2, 0.25) is 19.6 Å². The summed E-state index contributed by atoms with van der Waals surface area (Å²) in [5.41, 5.74) is 0. The van der Waals surface area contributed by atoms with Crippen molar-refractivity contribution in [3.8, 4) is 0 Å². The van der Waals surface area contributed by atoms with Crippen molar-refractivity contribution in [3.05, 3.63) is 40.5 Å². The van der Waals surface area contributed by atoms with E-state index in [1.807, 2.05) is 0 Å². The summed E-state index contributed by atoms with van der Waals surface area (Å²) in [5.74, 6) is 0. The molecule has 0 fully saturated rings. The van der Waals surface area contributed by atoms with E-state index in [2.05, 4.69) is 56.0 Å². The molecule has 0 saturated heterocycles. The van der Waals surface area contributed by atoms with Crippen molar-refractivity contribution >= 4 is 27.5 Å². The van der Waals surface area contributed by atoms with E-state index in [0.717, 1.165) is 6.61 Å². The normalized spacial score (nSPS) is 12.9.